The van der Waals surface area contributed by atoms with Crippen LogP contribution in [0.2, 0.25) is 0 Å². The van der Waals surface area contributed by atoms with Gasteiger partial charge in [-0.2, -0.15) is 0 Å². The van der Waals surface area contributed by atoms with Crippen LogP contribution < -0.4 is 5.43 Å². The zero-order valence-corrected chi connectivity index (χ0v) is 10.5. The van der Waals surface area contributed by atoms with Gasteiger partial charge in [-0.1, -0.05) is 0 Å². The fourth-order valence-corrected chi connectivity index (χ4v) is 2.36. The molecule has 1 aromatic rings. The highest BCUT2D eigenvalue weighted by molar-refractivity contribution is 5.21. The molecule has 0 atom stereocenters. The summed E-state index contributed by atoms with van der Waals surface area (Å²) in [6.07, 6.45) is 4.03. The number of aromatic hydroxyl groups is 1. The average Bonchev–Trinajstić information content (AvgIpc) is 2.75. The van der Waals surface area contributed by atoms with Crippen molar-refractivity contribution in [3.63, 3.8) is 0 Å². The minimum absolute atomic E-state index is 0.163. The molecule has 0 aromatic carbocycles. The third-order valence-corrected chi connectivity index (χ3v) is 3.28. The summed E-state index contributed by atoms with van der Waals surface area (Å²) in [4.78, 5) is 13.9. The van der Waals surface area contributed by atoms with Gasteiger partial charge in [0.05, 0.1) is 6.20 Å². The minimum atomic E-state index is -0.281. The Morgan fingerprint density at radius 1 is 1.35 bits per heavy atom. The first-order chi connectivity index (χ1) is 8.08. The number of nitrogens with zero attached hydrogens (tertiary/aromatic N) is 2. The number of likely N-dealkylation sites (tertiary alicyclic amines) is 1. The number of pyridine rings is 1. The van der Waals surface area contributed by atoms with Crippen LogP contribution in [-0.2, 0) is 6.54 Å². The molecular weight excluding hydrogens is 216 g/mol. The second-order valence-electron chi connectivity index (χ2n) is 5.00. The lowest BCUT2D eigenvalue weighted by atomic mass is 10.2. The second-order valence-corrected chi connectivity index (χ2v) is 5.00. The maximum atomic E-state index is 11.5. The van der Waals surface area contributed by atoms with Gasteiger partial charge in [-0.15, -0.1) is 0 Å². The van der Waals surface area contributed by atoms with Crippen LogP contribution in [0.5, 0.6) is 5.75 Å². The molecule has 0 unspecified atom stereocenters. The summed E-state index contributed by atoms with van der Waals surface area (Å²) in [6.45, 7) is 7.11. The predicted octanol–water partition coefficient (Wildman–Crippen LogP) is 1.73. The zero-order chi connectivity index (χ0) is 12.4. The molecule has 2 heterocycles. The van der Waals surface area contributed by atoms with Gasteiger partial charge in [0.25, 0.3) is 0 Å². The zero-order valence-electron chi connectivity index (χ0n) is 10.5. The van der Waals surface area contributed by atoms with E-state index in [0.29, 0.717) is 0 Å². The third-order valence-electron chi connectivity index (χ3n) is 3.28. The third kappa shape index (κ3) is 2.69. The van der Waals surface area contributed by atoms with E-state index in [-0.39, 0.29) is 17.2 Å². The molecule has 0 bridgehead atoms. The standard InChI is InChI=1S/C13H20N2O2/c1-10(2)15-9-13(17)12(16)7-11(15)8-14-5-3-4-6-14/h7,9-10,17H,3-6,8H2,1-2H3. The van der Waals surface area contributed by atoms with E-state index in [0.717, 1.165) is 25.3 Å². The molecule has 0 spiro atoms. The van der Waals surface area contributed by atoms with Crippen molar-refractivity contribution in [2.24, 2.45) is 0 Å². The van der Waals surface area contributed by atoms with Crippen LogP contribution in [0.3, 0.4) is 0 Å². The Morgan fingerprint density at radius 2 is 2.00 bits per heavy atom. The molecule has 4 nitrogen and oxygen atoms in total. The highest BCUT2D eigenvalue weighted by Gasteiger charge is 2.15. The largest absolute Gasteiger partial charge is 0.503 e. The summed E-state index contributed by atoms with van der Waals surface area (Å²) in [5.74, 6) is -0.163. The second kappa shape index (κ2) is 4.92. The molecule has 1 aliphatic rings. The van der Waals surface area contributed by atoms with E-state index in [2.05, 4.69) is 18.7 Å². The molecule has 1 aromatic heterocycles. The Hall–Kier alpha value is -1.29. The lowest BCUT2D eigenvalue weighted by Crippen LogP contribution is -2.24. The Balaban J connectivity index is 2.30. The lowest BCUT2D eigenvalue weighted by molar-refractivity contribution is 0.315. The Kier molecular flexibility index (Phi) is 3.52. The lowest BCUT2D eigenvalue weighted by Gasteiger charge is -2.21. The van der Waals surface area contributed by atoms with Gasteiger partial charge in [0.2, 0.25) is 5.43 Å². The number of hydrogen-bond donors (Lipinski definition) is 1. The van der Waals surface area contributed by atoms with Crippen molar-refractivity contribution >= 4 is 0 Å². The molecule has 0 aliphatic carbocycles. The molecule has 94 valence electrons. The number of hydrogen-bond acceptors (Lipinski definition) is 3. The van der Waals surface area contributed by atoms with Crippen molar-refractivity contribution in [2.75, 3.05) is 13.1 Å². The fourth-order valence-electron chi connectivity index (χ4n) is 2.36. The van der Waals surface area contributed by atoms with Crippen molar-refractivity contribution in [3.05, 3.63) is 28.2 Å². The molecule has 2 rings (SSSR count). The Bertz CT molecular complexity index is 445. The SMILES string of the molecule is CC(C)n1cc(O)c(=O)cc1CN1CCCC1. The minimum Gasteiger partial charge on any atom is -0.503 e. The smallest absolute Gasteiger partial charge is 0.223 e. The van der Waals surface area contributed by atoms with E-state index in [1.807, 2.05) is 4.57 Å². The summed E-state index contributed by atoms with van der Waals surface area (Å²) in [5.41, 5.74) is 0.709. The quantitative estimate of drug-likeness (QED) is 0.869. The van der Waals surface area contributed by atoms with E-state index in [4.69, 9.17) is 0 Å². The van der Waals surface area contributed by atoms with Gasteiger partial charge in [0.15, 0.2) is 5.75 Å². The summed E-state index contributed by atoms with van der Waals surface area (Å²) >= 11 is 0. The van der Waals surface area contributed by atoms with Crippen molar-refractivity contribution in [3.8, 4) is 5.75 Å². The van der Waals surface area contributed by atoms with Crippen LogP contribution in [0.25, 0.3) is 0 Å². The van der Waals surface area contributed by atoms with Crippen molar-refractivity contribution in [1.29, 1.82) is 0 Å². The van der Waals surface area contributed by atoms with Crippen LogP contribution in [0, 0.1) is 0 Å². The Labute approximate surface area is 101 Å². The van der Waals surface area contributed by atoms with Crippen LogP contribution in [0.15, 0.2) is 17.1 Å². The Morgan fingerprint density at radius 3 is 2.59 bits per heavy atom. The summed E-state index contributed by atoms with van der Waals surface area (Å²) in [5, 5.41) is 9.49. The van der Waals surface area contributed by atoms with Gasteiger partial charge >= 0.3 is 0 Å². The first-order valence-corrected chi connectivity index (χ1v) is 6.24. The van der Waals surface area contributed by atoms with Crippen LogP contribution in [0.1, 0.15) is 38.4 Å². The fraction of sp³-hybridized carbons (Fsp3) is 0.615. The van der Waals surface area contributed by atoms with Gasteiger partial charge in [-0.05, 0) is 39.8 Å². The van der Waals surface area contributed by atoms with Gasteiger partial charge < -0.3 is 9.67 Å². The summed E-state index contributed by atoms with van der Waals surface area (Å²) in [7, 11) is 0. The number of rotatable bonds is 3. The van der Waals surface area contributed by atoms with E-state index < -0.39 is 0 Å². The van der Waals surface area contributed by atoms with Gasteiger partial charge in [-0.25, -0.2) is 0 Å². The highest BCUT2D eigenvalue weighted by Crippen LogP contribution is 2.16. The monoisotopic (exact) mass is 236 g/mol. The first-order valence-electron chi connectivity index (χ1n) is 6.24. The van der Waals surface area contributed by atoms with E-state index in [1.165, 1.54) is 12.8 Å². The maximum absolute atomic E-state index is 11.5. The van der Waals surface area contributed by atoms with Crippen LogP contribution >= 0.6 is 0 Å². The van der Waals surface area contributed by atoms with Crippen LogP contribution in [-0.4, -0.2) is 27.7 Å². The first kappa shape index (κ1) is 12.2. The normalized spacial score (nSPS) is 16.9. The molecule has 0 radical (unpaired) electrons. The molecule has 1 N–H and O–H groups in total. The van der Waals surface area contributed by atoms with Gasteiger partial charge in [-0.3, -0.25) is 9.69 Å². The molecule has 17 heavy (non-hydrogen) atoms. The van der Waals surface area contributed by atoms with Crippen molar-refractivity contribution in [2.45, 2.75) is 39.3 Å². The molecule has 1 aliphatic heterocycles. The van der Waals surface area contributed by atoms with E-state index in [9.17, 15) is 9.90 Å². The van der Waals surface area contributed by atoms with Crippen molar-refractivity contribution < 1.29 is 5.11 Å². The molecular formula is C13H20N2O2. The average molecular weight is 236 g/mol. The molecule has 1 fully saturated rings. The van der Waals surface area contributed by atoms with E-state index >= 15 is 0 Å². The van der Waals surface area contributed by atoms with E-state index in [1.54, 1.807) is 12.3 Å². The van der Waals surface area contributed by atoms with Crippen LogP contribution in [0.4, 0.5) is 0 Å². The summed E-state index contributed by atoms with van der Waals surface area (Å²) in [6, 6.07) is 1.81. The maximum Gasteiger partial charge on any atom is 0.223 e. The number of aromatic nitrogens is 1. The summed E-state index contributed by atoms with van der Waals surface area (Å²) < 4.78 is 1.98. The molecule has 1 saturated heterocycles. The predicted molar refractivity (Wildman–Crippen MR) is 67.3 cm³/mol. The topological polar surface area (TPSA) is 45.5 Å². The molecule has 0 saturated carbocycles. The van der Waals surface area contributed by atoms with Crippen molar-refractivity contribution in [1.82, 2.24) is 9.47 Å². The molecule has 0 amide bonds. The molecule has 4 heteroatoms. The highest BCUT2D eigenvalue weighted by atomic mass is 16.3. The van der Waals surface area contributed by atoms with Gasteiger partial charge in [0, 0.05) is 24.3 Å². The van der Waals surface area contributed by atoms with Gasteiger partial charge in [0.1, 0.15) is 0 Å².